The second kappa shape index (κ2) is 7.40. The van der Waals surface area contributed by atoms with Crippen LogP contribution in [0.1, 0.15) is 73.9 Å². The number of rotatable bonds is 5. The molecule has 0 radical (unpaired) electrons. The lowest BCUT2D eigenvalue weighted by atomic mass is 10.1. The van der Waals surface area contributed by atoms with Crippen molar-refractivity contribution in [3.63, 3.8) is 0 Å². The second-order valence-electron chi connectivity index (χ2n) is 7.83. The summed E-state index contributed by atoms with van der Waals surface area (Å²) in [6.45, 7) is 12.5. The van der Waals surface area contributed by atoms with E-state index < -0.39 is 6.10 Å². The number of nitrogens with zero attached hydrogens (tertiary/aromatic N) is 2. The fraction of sp³-hybridized carbons (Fsp3) is 0.500. The summed E-state index contributed by atoms with van der Waals surface area (Å²) in [5, 5.41) is 17.5. The molecule has 0 saturated carbocycles. The predicted octanol–water partition coefficient (Wildman–Crippen LogP) is 3.53. The monoisotopic (exact) mass is 343 g/mol. The Morgan fingerprint density at radius 3 is 2.32 bits per heavy atom. The molecular formula is C20H29N3O2. The van der Waals surface area contributed by atoms with Gasteiger partial charge in [-0.05, 0) is 45.2 Å². The summed E-state index contributed by atoms with van der Waals surface area (Å²) in [7, 11) is 0. The fourth-order valence-corrected chi connectivity index (χ4v) is 2.64. The van der Waals surface area contributed by atoms with Crippen LogP contribution >= 0.6 is 0 Å². The van der Waals surface area contributed by atoms with Gasteiger partial charge < -0.3 is 10.4 Å². The first kappa shape index (κ1) is 19.2. The van der Waals surface area contributed by atoms with Crippen LogP contribution in [0.2, 0.25) is 0 Å². The normalized spacial score (nSPS) is 13.1. The van der Waals surface area contributed by atoms with Crippen LogP contribution in [-0.2, 0) is 5.54 Å². The van der Waals surface area contributed by atoms with E-state index in [-0.39, 0.29) is 23.9 Å². The number of aliphatic hydroxyl groups excluding tert-OH is 1. The van der Waals surface area contributed by atoms with Crippen molar-refractivity contribution in [1.82, 2.24) is 15.1 Å². The number of carbonyl (C=O) groups is 1. The van der Waals surface area contributed by atoms with Crippen molar-refractivity contribution >= 4 is 5.91 Å². The lowest BCUT2D eigenvalue weighted by molar-refractivity contribution is 0.0909. The van der Waals surface area contributed by atoms with Crippen molar-refractivity contribution in [2.24, 2.45) is 0 Å². The van der Waals surface area contributed by atoms with Gasteiger partial charge in [-0.2, -0.15) is 5.10 Å². The van der Waals surface area contributed by atoms with Gasteiger partial charge in [0.05, 0.1) is 11.6 Å². The highest BCUT2D eigenvalue weighted by Crippen LogP contribution is 2.23. The summed E-state index contributed by atoms with van der Waals surface area (Å²) in [5.74, 6) is 0.00230. The molecule has 0 aliphatic heterocycles. The minimum absolute atomic E-state index is 0.154. The van der Waals surface area contributed by atoms with E-state index in [1.165, 1.54) is 0 Å². The molecule has 1 atom stereocenters. The maximum Gasteiger partial charge on any atom is 0.271 e. The molecule has 0 fully saturated rings. The highest BCUT2D eigenvalue weighted by Gasteiger charge is 2.23. The van der Waals surface area contributed by atoms with Crippen molar-refractivity contribution in [1.29, 1.82) is 0 Å². The Hall–Kier alpha value is -2.14. The Kier molecular flexibility index (Phi) is 5.68. The largest absolute Gasteiger partial charge is 0.387 e. The van der Waals surface area contributed by atoms with Gasteiger partial charge in [-0.25, -0.2) is 0 Å². The molecule has 2 aromatic rings. The Labute approximate surface area is 150 Å². The second-order valence-corrected chi connectivity index (χ2v) is 7.83. The molecule has 5 heteroatoms. The summed E-state index contributed by atoms with van der Waals surface area (Å²) in [6.07, 6.45) is -0.737. The van der Waals surface area contributed by atoms with E-state index in [1.807, 2.05) is 41.9 Å². The minimum atomic E-state index is -0.737. The highest BCUT2D eigenvalue weighted by atomic mass is 16.3. The molecular weight excluding hydrogens is 314 g/mol. The van der Waals surface area contributed by atoms with Crippen LogP contribution in [0.25, 0.3) is 0 Å². The smallest absolute Gasteiger partial charge is 0.271 e. The molecule has 1 heterocycles. The van der Waals surface area contributed by atoms with Crippen molar-refractivity contribution in [3.8, 4) is 0 Å². The summed E-state index contributed by atoms with van der Waals surface area (Å²) in [6, 6.07) is 9.47. The lowest BCUT2D eigenvalue weighted by Crippen LogP contribution is -2.30. The predicted molar refractivity (Wildman–Crippen MR) is 99.8 cm³/mol. The van der Waals surface area contributed by atoms with E-state index in [4.69, 9.17) is 0 Å². The molecule has 0 spiro atoms. The molecule has 0 saturated heterocycles. The van der Waals surface area contributed by atoms with E-state index in [0.29, 0.717) is 5.69 Å². The quantitative estimate of drug-likeness (QED) is 0.873. The molecule has 5 nitrogen and oxygen atoms in total. The van der Waals surface area contributed by atoms with Crippen LogP contribution in [0.15, 0.2) is 30.3 Å². The zero-order valence-corrected chi connectivity index (χ0v) is 16.0. The maximum atomic E-state index is 12.5. The fourth-order valence-electron chi connectivity index (χ4n) is 2.64. The first-order valence-electron chi connectivity index (χ1n) is 8.73. The summed E-state index contributed by atoms with van der Waals surface area (Å²) < 4.78 is 1.91. The molecule has 1 amide bonds. The maximum absolute atomic E-state index is 12.5. The van der Waals surface area contributed by atoms with Crippen LogP contribution in [0.4, 0.5) is 0 Å². The molecule has 0 bridgehead atoms. The summed E-state index contributed by atoms with van der Waals surface area (Å²) in [4.78, 5) is 12.5. The molecule has 136 valence electrons. The zero-order chi connectivity index (χ0) is 18.8. The van der Waals surface area contributed by atoms with Crippen LogP contribution in [0.3, 0.4) is 0 Å². The molecule has 0 aliphatic carbocycles. The van der Waals surface area contributed by atoms with Gasteiger partial charge in [-0.3, -0.25) is 9.48 Å². The third-order valence-corrected chi connectivity index (χ3v) is 4.11. The number of aryl methyl sites for hydroxylation is 1. The number of nitrogens with one attached hydrogen (secondary N) is 1. The molecule has 0 aliphatic rings. The lowest BCUT2D eigenvalue weighted by Gasteiger charge is -2.23. The Balaban J connectivity index is 2.09. The number of hydrogen-bond acceptors (Lipinski definition) is 3. The van der Waals surface area contributed by atoms with Gasteiger partial charge in [0.15, 0.2) is 0 Å². The van der Waals surface area contributed by atoms with Gasteiger partial charge in [0.2, 0.25) is 0 Å². The number of hydrogen-bond donors (Lipinski definition) is 2. The van der Waals surface area contributed by atoms with Gasteiger partial charge in [0.1, 0.15) is 5.69 Å². The van der Waals surface area contributed by atoms with Crippen LogP contribution in [-0.4, -0.2) is 27.3 Å². The Bertz CT molecular complexity index is 724. The SMILES string of the molecule is Cc1ccc(C(O)CNC(=O)c2cc(C(C)C)n(C(C)(C)C)n2)cc1. The Morgan fingerprint density at radius 2 is 1.84 bits per heavy atom. The van der Waals surface area contributed by atoms with Crippen LogP contribution < -0.4 is 5.32 Å². The number of amides is 1. The van der Waals surface area contributed by atoms with Crippen LogP contribution in [0.5, 0.6) is 0 Å². The van der Waals surface area contributed by atoms with Gasteiger partial charge in [0.25, 0.3) is 5.91 Å². The first-order chi connectivity index (χ1) is 11.6. The summed E-state index contributed by atoms with van der Waals surface area (Å²) >= 11 is 0. The minimum Gasteiger partial charge on any atom is -0.387 e. The zero-order valence-electron chi connectivity index (χ0n) is 16.0. The van der Waals surface area contributed by atoms with Gasteiger partial charge in [-0.15, -0.1) is 0 Å². The number of benzene rings is 1. The standard InChI is InChI=1S/C20H29N3O2/c1-13(2)17-11-16(22-23(17)20(4,5)6)19(25)21-12-18(24)15-9-7-14(3)8-10-15/h7-11,13,18,24H,12H2,1-6H3,(H,21,25). The third kappa shape index (κ3) is 4.69. The van der Waals surface area contributed by atoms with E-state index in [0.717, 1.165) is 16.8 Å². The third-order valence-electron chi connectivity index (χ3n) is 4.11. The van der Waals surface area contributed by atoms with Crippen LogP contribution in [0, 0.1) is 6.92 Å². The van der Waals surface area contributed by atoms with E-state index in [9.17, 15) is 9.90 Å². The topological polar surface area (TPSA) is 67.2 Å². The van der Waals surface area contributed by atoms with E-state index in [2.05, 4.69) is 45.0 Å². The van der Waals surface area contributed by atoms with Crippen molar-refractivity contribution in [2.45, 2.75) is 59.1 Å². The molecule has 2 rings (SSSR count). The first-order valence-corrected chi connectivity index (χ1v) is 8.73. The van der Waals surface area contributed by atoms with Gasteiger partial charge >= 0.3 is 0 Å². The summed E-state index contributed by atoms with van der Waals surface area (Å²) in [5.41, 5.74) is 3.13. The molecule has 1 aromatic heterocycles. The number of aromatic nitrogens is 2. The highest BCUT2D eigenvalue weighted by molar-refractivity contribution is 5.92. The van der Waals surface area contributed by atoms with E-state index in [1.54, 1.807) is 0 Å². The van der Waals surface area contributed by atoms with Crippen molar-refractivity contribution in [2.75, 3.05) is 6.54 Å². The molecule has 2 N–H and O–H groups in total. The number of carbonyl (C=O) groups excluding carboxylic acids is 1. The molecule has 1 unspecified atom stereocenters. The van der Waals surface area contributed by atoms with Gasteiger partial charge in [-0.1, -0.05) is 43.7 Å². The average molecular weight is 343 g/mol. The average Bonchev–Trinajstić information content (AvgIpc) is 2.99. The van der Waals surface area contributed by atoms with E-state index >= 15 is 0 Å². The molecule has 25 heavy (non-hydrogen) atoms. The van der Waals surface area contributed by atoms with Crippen molar-refractivity contribution < 1.29 is 9.90 Å². The molecule has 1 aromatic carbocycles. The van der Waals surface area contributed by atoms with Gasteiger partial charge in [0, 0.05) is 12.2 Å². The number of aliphatic hydroxyl groups is 1. The van der Waals surface area contributed by atoms with Crippen molar-refractivity contribution in [3.05, 3.63) is 52.8 Å². The Morgan fingerprint density at radius 1 is 1.24 bits per heavy atom.